The molecule has 1 aliphatic rings. The Kier molecular flexibility index (Phi) is 16.4. The predicted molar refractivity (Wildman–Crippen MR) is 150 cm³/mol. The average Bonchev–Trinajstić information content (AvgIpc) is 3.18. The minimum Gasteiger partial charge on any atom is -0.387 e. The Morgan fingerprint density at radius 1 is 0.897 bits per heavy atom. The van der Waals surface area contributed by atoms with Crippen LogP contribution in [-0.4, -0.2) is 56.2 Å². The summed E-state index contributed by atoms with van der Waals surface area (Å²) in [5.74, 6) is 0.00637. The van der Waals surface area contributed by atoms with Gasteiger partial charge in [0.15, 0.2) is 6.23 Å². The molecule has 3 unspecified atom stereocenters. The Bertz CT molecular complexity index is 902. The van der Waals surface area contributed by atoms with Crippen LogP contribution in [0.1, 0.15) is 116 Å². The standard InChI is InChI=1S/C27H50N3O8P/c1-2-3-4-5-6-7-8-9-10-11-12-13-14-15-16-17-20-36-39(34,35)37-21-22-24(31)25(32)26(38-22)30-19-18-23(28)29-27(30)33/h18-19,22,24-26,31-32H,2-17,20-21H2,1H3,(H,34,35)(H2,28,29,33)/t22-,24?,25?,26-/m1/s1. The van der Waals surface area contributed by atoms with E-state index in [0.717, 1.165) is 23.8 Å². The fourth-order valence-electron chi connectivity index (χ4n) is 4.75. The Hall–Kier alpha value is -1.33. The first-order valence-corrected chi connectivity index (χ1v) is 16.2. The maximum Gasteiger partial charge on any atom is 0.472 e. The zero-order valence-corrected chi connectivity index (χ0v) is 24.4. The van der Waals surface area contributed by atoms with E-state index in [2.05, 4.69) is 11.9 Å². The first-order valence-electron chi connectivity index (χ1n) is 14.7. The third-order valence-electron chi connectivity index (χ3n) is 7.12. The number of aliphatic hydroxyl groups excluding tert-OH is 2. The number of anilines is 1. The molecule has 226 valence electrons. The number of phosphoric acid groups is 1. The van der Waals surface area contributed by atoms with E-state index in [0.29, 0.717) is 6.42 Å². The summed E-state index contributed by atoms with van der Waals surface area (Å²) in [7, 11) is -4.36. The van der Waals surface area contributed by atoms with Gasteiger partial charge in [-0.05, 0) is 12.5 Å². The van der Waals surface area contributed by atoms with E-state index in [1.54, 1.807) is 0 Å². The molecule has 39 heavy (non-hydrogen) atoms. The van der Waals surface area contributed by atoms with Crippen molar-refractivity contribution in [3.63, 3.8) is 0 Å². The Morgan fingerprint density at radius 3 is 1.92 bits per heavy atom. The highest BCUT2D eigenvalue weighted by Gasteiger charge is 2.45. The van der Waals surface area contributed by atoms with E-state index in [1.165, 1.54) is 89.3 Å². The third-order valence-corrected chi connectivity index (χ3v) is 8.10. The van der Waals surface area contributed by atoms with E-state index < -0.39 is 44.7 Å². The van der Waals surface area contributed by atoms with Crippen molar-refractivity contribution >= 4 is 13.6 Å². The molecule has 0 aromatic carbocycles. The topological polar surface area (TPSA) is 166 Å². The Balaban J connectivity index is 1.48. The highest BCUT2D eigenvalue weighted by Crippen LogP contribution is 2.44. The van der Waals surface area contributed by atoms with E-state index in [4.69, 9.17) is 19.5 Å². The first kappa shape index (κ1) is 33.9. The second-order valence-corrected chi connectivity index (χ2v) is 11.9. The van der Waals surface area contributed by atoms with E-state index in [1.807, 2.05) is 0 Å². The maximum absolute atomic E-state index is 12.2. The first-order chi connectivity index (χ1) is 18.7. The smallest absolute Gasteiger partial charge is 0.387 e. The highest BCUT2D eigenvalue weighted by atomic mass is 31.2. The van der Waals surface area contributed by atoms with E-state index in [-0.39, 0.29) is 12.4 Å². The molecule has 5 atom stereocenters. The predicted octanol–water partition coefficient (Wildman–Crippen LogP) is 4.84. The van der Waals surface area contributed by atoms with Gasteiger partial charge in [-0.3, -0.25) is 13.6 Å². The largest absolute Gasteiger partial charge is 0.472 e. The molecule has 0 radical (unpaired) electrons. The van der Waals surface area contributed by atoms with Crippen LogP contribution in [0.25, 0.3) is 0 Å². The summed E-state index contributed by atoms with van der Waals surface area (Å²) in [5.41, 5.74) is 4.70. The fourth-order valence-corrected chi connectivity index (χ4v) is 5.52. The summed E-state index contributed by atoms with van der Waals surface area (Å²) in [6.45, 7) is 1.83. The number of hydrogen-bond donors (Lipinski definition) is 4. The van der Waals surface area contributed by atoms with Crippen LogP contribution in [-0.2, 0) is 18.3 Å². The van der Waals surface area contributed by atoms with Crippen LogP contribution in [0.5, 0.6) is 0 Å². The van der Waals surface area contributed by atoms with Gasteiger partial charge in [-0.15, -0.1) is 0 Å². The minimum absolute atomic E-state index is 0.00637. The molecule has 1 aromatic rings. The van der Waals surface area contributed by atoms with Crippen LogP contribution < -0.4 is 11.4 Å². The lowest BCUT2D eigenvalue weighted by Gasteiger charge is -2.18. The highest BCUT2D eigenvalue weighted by molar-refractivity contribution is 7.47. The summed E-state index contributed by atoms with van der Waals surface area (Å²) in [6.07, 6.45) is 15.8. The molecule has 0 aliphatic carbocycles. The second kappa shape index (κ2) is 18.9. The molecule has 1 fully saturated rings. The normalized spacial score (nSPS) is 22.8. The number of unbranched alkanes of at least 4 members (excludes halogenated alkanes) is 15. The molecule has 0 amide bonds. The SMILES string of the molecule is CCCCCCCCCCCCCCCCCCOP(=O)(O)OC[C@H]1O[C@@H](n2ccc(N)nc2=O)C(O)C1O. The lowest BCUT2D eigenvalue weighted by Crippen LogP contribution is -2.36. The summed E-state index contributed by atoms with van der Waals surface area (Å²) < 4.78 is 28.7. The van der Waals surface area contributed by atoms with Crippen molar-refractivity contribution in [3.8, 4) is 0 Å². The molecular formula is C27H50N3O8P. The quantitative estimate of drug-likeness (QED) is 0.111. The van der Waals surface area contributed by atoms with Gasteiger partial charge in [-0.1, -0.05) is 103 Å². The van der Waals surface area contributed by atoms with Gasteiger partial charge >= 0.3 is 13.5 Å². The van der Waals surface area contributed by atoms with Crippen molar-refractivity contribution in [1.82, 2.24) is 9.55 Å². The van der Waals surface area contributed by atoms with Gasteiger partial charge in [0.05, 0.1) is 13.2 Å². The fraction of sp³-hybridized carbons (Fsp3) is 0.852. The number of phosphoric ester groups is 1. The lowest BCUT2D eigenvalue weighted by molar-refractivity contribution is -0.0551. The molecule has 2 heterocycles. The van der Waals surface area contributed by atoms with Crippen molar-refractivity contribution in [2.24, 2.45) is 0 Å². The molecule has 0 spiro atoms. The molecule has 1 saturated heterocycles. The molecule has 0 saturated carbocycles. The third kappa shape index (κ3) is 13.3. The number of rotatable bonds is 22. The number of aromatic nitrogens is 2. The zero-order valence-electron chi connectivity index (χ0n) is 23.5. The maximum atomic E-state index is 12.2. The summed E-state index contributed by atoms with van der Waals surface area (Å²) in [4.78, 5) is 25.5. The molecule has 2 rings (SSSR count). The number of nitrogens with two attached hydrogens (primary N) is 1. The summed E-state index contributed by atoms with van der Waals surface area (Å²) >= 11 is 0. The molecule has 1 aliphatic heterocycles. The molecule has 12 heteroatoms. The van der Waals surface area contributed by atoms with Gasteiger partial charge < -0.3 is 25.6 Å². The van der Waals surface area contributed by atoms with Crippen molar-refractivity contribution in [2.45, 2.75) is 134 Å². The van der Waals surface area contributed by atoms with E-state index >= 15 is 0 Å². The van der Waals surface area contributed by atoms with Crippen molar-refractivity contribution in [3.05, 3.63) is 22.7 Å². The Morgan fingerprint density at radius 2 is 1.41 bits per heavy atom. The number of ether oxygens (including phenoxy) is 1. The van der Waals surface area contributed by atoms with Gasteiger partial charge in [0.2, 0.25) is 0 Å². The molecule has 5 N–H and O–H groups in total. The van der Waals surface area contributed by atoms with Crippen molar-refractivity contribution in [2.75, 3.05) is 18.9 Å². The average molecular weight is 576 g/mol. The van der Waals surface area contributed by atoms with Crippen LogP contribution >= 0.6 is 7.82 Å². The van der Waals surface area contributed by atoms with Gasteiger partial charge in [-0.25, -0.2) is 9.36 Å². The summed E-state index contributed by atoms with van der Waals surface area (Å²) in [6, 6.07) is 1.35. The number of nitrogen functional groups attached to an aromatic ring is 1. The summed E-state index contributed by atoms with van der Waals surface area (Å²) in [5, 5.41) is 20.5. The van der Waals surface area contributed by atoms with Gasteiger partial charge in [0.1, 0.15) is 24.1 Å². The van der Waals surface area contributed by atoms with Crippen LogP contribution in [0.2, 0.25) is 0 Å². The van der Waals surface area contributed by atoms with Crippen LogP contribution in [0.4, 0.5) is 5.82 Å². The van der Waals surface area contributed by atoms with E-state index in [9.17, 15) is 24.5 Å². The van der Waals surface area contributed by atoms with Crippen LogP contribution in [0, 0.1) is 0 Å². The molecule has 0 bridgehead atoms. The van der Waals surface area contributed by atoms with Gasteiger partial charge in [-0.2, -0.15) is 4.98 Å². The van der Waals surface area contributed by atoms with Crippen molar-refractivity contribution < 1.29 is 33.5 Å². The van der Waals surface area contributed by atoms with Gasteiger partial charge in [0.25, 0.3) is 0 Å². The van der Waals surface area contributed by atoms with Gasteiger partial charge in [0, 0.05) is 6.20 Å². The molecule has 1 aromatic heterocycles. The zero-order chi connectivity index (χ0) is 28.5. The number of aliphatic hydroxyl groups is 2. The monoisotopic (exact) mass is 575 g/mol. The lowest BCUT2D eigenvalue weighted by atomic mass is 10.0. The second-order valence-electron chi connectivity index (χ2n) is 10.5. The van der Waals surface area contributed by atoms with Crippen LogP contribution in [0.3, 0.4) is 0 Å². The number of hydrogen-bond acceptors (Lipinski definition) is 9. The molecular weight excluding hydrogens is 525 g/mol. The molecule has 11 nitrogen and oxygen atoms in total. The van der Waals surface area contributed by atoms with Crippen LogP contribution in [0.15, 0.2) is 17.1 Å². The van der Waals surface area contributed by atoms with Crippen molar-refractivity contribution in [1.29, 1.82) is 0 Å². The Labute approximate surface area is 232 Å². The minimum atomic E-state index is -4.36. The number of nitrogens with zero attached hydrogens (tertiary/aromatic N) is 2.